The summed E-state index contributed by atoms with van der Waals surface area (Å²) in [4.78, 5) is 0. The van der Waals surface area contributed by atoms with Crippen LogP contribution in [0.1, 0.15) is 58.8 Å². The van der Waals surface area contributed by atoms with Crippen LogP contribution in [0.5, 0.6) is 0 Å². The van der Waals surface area contributed by atoms with Crippen LogP contribution in [0.3, 0.4) is 0 Å². The van der Waals surface area contributed by atoms with E-state index < -0.39 is 21.9 Å². The number of hydrogen-bond donors (Lipinski definition) is 0. The highest BCUT2D eigenvalue weighted by atomic mass is 127. The van der Waals surface area contributed by atoms with Gasteiger partial charge in [0.2, 0.25) is 0 Å². The topological polar surface area (TPSA) is 0 Å². The molecule has 0 aromatic heterocycles. The van der Waals surface area contributed by atoms with Crippen molar-refractivity contribution >= 4 is 22.6 Å². The number of halogens is 6. The Labute approximate surface area is 125 Å². The summed E-state index contributed by atoms with van der Waals surface area (Å²) in [6, 6.07) is 0. The Hall–Kier alpha value is 0.380. The summed E-state index contributed by atoms with van der Waals surface area (Å²) in [5, 5.41) is 0. The fourth-order valence-corrected chi connectivity index (χ4v) is 3.49. The van der Waals surface area contributed by atoms with Crippen molar-refractivity contribution in [3.63, 3.8) is 0 Å². The van der Waals surface area contributed by atoms with E-state index in [9.17, 15) is 22.0 Å². The molecular weight excluding hydrogens is 378 g/mol. The third-order valence-electron chi connectivity index (χ3n) is 3.30. The SMILES string of the molecule is CCCCCCCC(I)C(CC)C(F)(F)C(F)(F)F. The Morgan fingerprint density at radius 3 is 1.84 bits per heavy atom. The zero-order chi connectivity index (χ0) is 15.1. The normalized spacial score (nSPS) is 16.4. The summed E-state index contributed by atoms with van der Waals surface area (Å²) in [5.74, 6) is -6.21. The van der Waals surface area contributed by atoms with Crippen LogP contribution >= 0.6 is 22.6 Å². The molecule has 0 heterocycles. The van der Waals surface area contributed by atoms with E-state index in [-0.39, 0.29) is 6.42 Å². The van der Waals surface area contributed by atoms with Gasteiger partial charge in [0.15, 0.2) is 0 Å². The molecule has 0 N–H and O–H groups in total. The van der Waals surface area contributed by atoms with Crippen molar-refractivity contribution in [3.8, 4) is 0 Å². The minimum Gasteiger partial charge on any atom is -0.196 e. The van der Waals surface area contributed by atoms with Crippen molar-refractivity contribution in [2.75, 3.05) is 0 Å². The lowest BCUT2D eigenvalue weighted by Crippen LogP contribution is -2.46. The lowest BCUT2D eigenvalue weighted by atomic mass is 9.91. The minimum atomic E-state index is -5.45. The number of alkyl halides is 6. The lowest BCUT2D eigenvalue weighted by Gasteiger charge is -2.31. The van der Waals surface area contributed by atoms with Crippen LogP contribution in [-0.4, -0.2) is 16.0 Å². The molecule has 0 aliphatic rings. The van der Waals surface area contributed by atoms with Gasteiger partial charge in [-0.2, -0.15) is 22.0 Å². The molecule has 0 fully saturated rings. The van der Waals surface area contributed by atoms with Gasteiger partial charge in [0.05, 0.1) is 0 Å². The fraction of sp³-hybridized carbons (Fsp3) is 1.00. The van der Waals surface area contributed by atoms with Gasteiger partial charge in [-0.15, -0.1) is 0 Å². The molecule has 2 atom stereocenters. The predicted molar refractivity (Wildman–Crippen MR) is 76.0 cm³/mol. The third-order valence-corrected chi connectivity index (χ3v) is 4.79. The van der Waals surface area contributed by atoms with Gasteiger partial charge in [-0.05, 0) is 12.8 Å². The number of unbranched alkanes of at least 4 members (excludes halogenated alkanes) is 4. The molecule has 2 unspecified atom stereocenters. The highest BCUT2D eigenvalue weighted by molar-refractivity contribution is 14.1. The second kappa shape index (κ2) is 8.62. The molecule has 0 rings (SSSR count). The molecule has 6 heteroatoms. The predicted octanol–water partition coefficient (Wildman–Crippen LogP) is 6.37. The third kappa shape index (κ3) is 6.12. The maximum absolute atomic E-state index is 13.3. The maximum Gasteiger partial charge on any atom is 0.453 e. The molecule has 0 aliphatic heterocycles. The van der Waals surface area contributed by atoms with E-state index in [1.165, 1.54) is 6.92 Å². The summed E-state index contributed by atoms with van der Waals surface area (Å²) < 4.78 is 63.2. The van der Waals surface area contributed by atoms with Crippen LogP contribution < -0.4 is 0 Å². The van der Waals surface area contributed by atoms with Crippen molar-refractivity contribution in [3.05, 3.63) is 0 Å². The van der Waals surface area contributed by atoms with Gasteiger partial charge >= 0.3 is 12.1 Å². The molecule has 0 radical (unpaired) electrons. The Morgan fingerprint density at radius 2 is 1.42 bits per heavy atom. The van der Waals surface area contributed by atoms with Gasteiger partial charge in [0.1, 0.15) is 0 Å². The smallest absolute Gasteiger partial charge is 0.196 e. The molecule has 0 aromatic carbocycles. The Bertz CT molecular complexity index is 240. The van der Waals surface area contributed by atoms with E-state index in [2.05, 4.69) is 6.92 Å². The van der Waals surface area contributed by atoms with Gasteiger partial charge in [-0.25, -0.2) is 0 Å². The van der Waals surface area contributed by atoms with E-state index in [0.717, 1.165) is 32.1 Å². The molecule has 0 aliphatic carbocycles. The molecular formula is C13H22F5I. The molecule has 19 heavy (non-hydrogen) atoms. The lowest BCUT2D eigenvalue weighted by molar-refractivity contribution is -0.302. The van der Waals surface area contributed by atoms with Crippen molar-refractivity contribution in [1.29, 1.82) is 0 Å². The van der Waals surface area contributed by atoms with E-state index in [4.69, 9.17) is 0 Å². The second-order valence-corrected chi connectivity index (χ2v) is 6.45. The molecule has 0 nitrogen and oxygen atoms in total. The first-order valence-corrected chi connectivity index (χ1v) is 8.01. The monoisotopic (exact) mass is 400 g/mol. The molecule has 116 valence electrons. The van der Waals surface area contributed by atoms with Crippen molar-refractivity contribution in [1.82, 2.24) is 0 Å². The van der Waals surface area contributed by atoms with Crippen molar-refractivity contribution in [2.24, 2.45) is 5.92 Å². The van der Waals surface area contributed by atoms with Crippen LogP contribution in [0, 0.1) is 5.92 Å². The van der Waals surface area contributed by atoms with Crippen LogP contribution in [-0.2, 0) is 0 Å². The molecule has 0 spiro atoms. The zero-order valence-corrected chi connectivity index (χ0v) is 13.5. The molecule has 0 aromatic rings. The second-order valence-electron chi connectivity index (χ2n) is 4.85. The fourth-order valence-electron chi connectivity index (χ4n) is 2.09. The quantitative estimate of drug-likeness (QED) is 0.183. The van der Waals surface area contributed by atoms with Crippen molar-refractivity contribution in [2.45, 2.75) is 74.8 Å². The van der Waals surface area contributed by atoms with Gasteiger partial charge < -0.3 is 0 Å². The summed E-state index contributed by atoms with van der Waals surface area (Å²) in [6.45, 7) is 3.46. The Morgan fingerprint density at radius 1 is 0.895 bits per heavy atom. The summed E-state index contributed by atoms with van der Waals surface area (Å²) >= 11 is 1.75. The average molecular weight is 400 g/mol. The summed E-state index contributed by atoms with van der Waals surface area (Å²) in [6.07, 6.45) is -0.367. The van der Waals surface area contributed by atoms with Crippen LogP contribution in [0.25, 0.3) is 0 Å². The molecule has 0 saturated heterocycles. The van der Waals surface area contributed by atoms with Gasteiger partial charge in [-0.1, -0.05) is 68.5 Å². The van der Waals surface area contributed by atoms with E-state index >= 15 is 0 Å². The van der Waals surface area contributed by atoms with Gasteiger partial charge in [0, 0.05) is 9.84 Å². The highest BCUT2D eigenvalue weighted by Crippen LogP contribution is 2.46. The highest BCUT2D eigenvalue weighted by Gasteiger charge is 2.62. The van der Waals surface area contributed by atoms with E-state index in [1.54, 1.807) is 22.6 Å². The van der Waals surface area contributed by atoms with E-state index in [0.29, 0.717) is 6.42 Å². The van der Waals surface area contributed by atoms with Gasteiger partial charge in [0.25, 0.3) is 0 Å². The summed E-state index contributed by atoms with van der Waals surface area (Å²) in [5.41, 5.74) is 0. The maximum atomic E-state index is 13.3. The first kappa shape index (κ1) is 19.4. The molecule has 0 amide bonds. The molecule has 0 bridgehead atoms. The Kier molecular flexibility index (Phi) is 8.79. The largest absolute Gasteiger partial charge is 0.453 e. The van der Waals surface area contributed by atoms with Crippen LogP contribution in [0.4, 0.5) is 22.0 Å². The first-order chi connectivity index (χ1) is 8.68. The van der Waals surface area contributed by atoms with Gasteiger partial charge in [-0.3, -0.25) is 0 Å². The van der Waals surface area contributed by atoms with E-state index in [1.807, 2.05) is 0 Å². The number of hydrogen-bond acceptors (Lipinski definition) is 0. The number of rotatable bonds is 9. The standard InChI is InChI=1S/C13H22F5I/c1-3-5-6-7-8-9-11(19)10(4-2)12(14,15)13(16,17)18/h10-11H,3-9H2,1-2H3. The average Bonchev–Trinajstić information content (AvgIpc) is 2.27. The van der Waals surface area contributed by atoms with Crippen LogP contribution in [0.2, 0.25) is 0 Å². The summed E-state index contributed by atoms with van der Waals surface area (Å²) in [7, 11) is 0. The Balaban J connectivity index is 4.36. The first-order valence-electron chi connectivity index (χ1n) is 6.77. The minimum absolute atomic E-state index is 0.158. The molecule has 0 saturated carbocycles. The zero-order valence-electron chi connectivity index (χ0n) is 11.4. The van der Waals surface area contributed by atoms with Crippen LogP contribution in [0.15, 0.2) is 0 Å². The van der Waals surface area contributed by atoms with Crippen molar-refractivity contribution < 1.29 is 22.0 Å².